The highest BCUT2D eigenvalue weighted by Crippen LogP contribution is 2.50. The van der Waals surface area contributed by atoms with Gasteiger partial charge in [0.15, 0.2) is 5.79 Å². The number of aliphatic hydroxyl groups is 2. The van der Waals surface area contributed by atoms with Gasteiger partial charge in [0.1, 0.15) is 23.4 Å². The molecule has 202 valence electrons. The largest absolute Gasteiger partial charge is 0.378 e. The van der Waals surface area contributed by atoms with Crippen LogP contribution in [0.25, 0.3) is 0 Å². The van der Waals surface area contributed by atoms with Crippen molar-refractivity contribution in [2.75, 3.05) is 0 Å². The van der Waals surface area contributed by atoms with Gasteiger partial charge in [-0.25, -0.2) is 0 Å². The van der Waals surface area contributed by atoms with Crippen LogP contribution in [0.1, 0.15) is 36.1 Å². The lowest BCUT2D eigenvalue weighted by Crippen LogP contribution is -2.55. The monoisotopic (exact) mass is 602 g/mol. The van der Waals surface area contributed by atoms with Crippen LogP contribution >= 0.6 is 46.4 Å². The van der Waals surface area contributed by atoms with E-state index in [2.05, 4.69) is 0 Å². The molecule has 0 aliphatic carbocycles. The lowest BCUT2D eigenvalue weighted by Gasteiger charge is -2.42. The molecule has 0 saturated carbocycles. The Morgan fingerprint density at radius 2 is 0.692 bits per heavy atom. The van der Waals surface area contributed by atoms with Crippen LogP contribution < -0.4 is 0 Å². The summed E-state index contributed by atoms with van der Waals surface area (Å²) in [5, 5.41) is 27.5. The topological polar surface area (TPSA) is 58.9 Å². The van der Waals surface area contributed by atoms with Crippen LogP contribution in [0.2, 0.25) is 20.1 Å². The highest BCUT2D eigenvalue weighted by Gasteiger charge is 2.61. The fourth-order valence-corrected chi connectivity index (χ4v) is 5.68. The molecule has 2 N–H and O–H groups in total. The lowest BCUT2D eigenvalue weighted by atomic mass is 9.72. The fraction of sp³-hybridized carbons (Fsp3) is 0.226. The van der Waals surface area contributed by atoms with Crippen LogP contribution in [0.4, 0.5) is 0 Å². The predicted octanol–water partition coefficient (Wildman–Crippen LogP) is 7.99. The average Bonchev–Trinajstić information content (AvgIpc) is 3.25. The van der Waals surface area contributed by atoms with Gasteiger partial charge in [-0.05, 0) is 84.6 Å². The van der Waals surface area contributed by atoms with Gasteiger partial charge in [-0.1, -0.05) is 94.9 Å². The molecule has 4 nitrogen and oxygen atoms in total. The van der Waals surface area contributed by atoms with Crippen molar-refractivity contribution in [3.05, 3.63) is 139 Å². The zero-order valence-electron chi connectivity index (χ0n) is 21.1. The van der Waals surface area contributed by atoms with Crippen molar-refractivity contribution in [1.82, 2.24) is 0 Å². The van der Waals surface area contributed by atoms with Crippen LogP contribution in [-0.2, 0) is 20.7 Å². The minimum atomic E-state index is -1.79. The molecule has 1 fully saturated rings. The van der Waals surface area contributed by atoms with Crippen molar-refractivity contribution in [2.45, 2.75) is 43.0 Å². The Bertz CT molecular complexity index is 1230. The third-order valence-corrected chi connectivity index (χ3v) is 8.07. The second-order valence-corrected chi connectivity index (χ2v) is 11.8. The third-order valence-electron chi connectivity index (χ3n) is 7.06. The van der Waals surface area contributed by atoms with E-state index in [1.807, 2.05) is 0 Å². The van der Waals surface area contributed by atoms with Gasteiger partial charge >= 0.3 is 0 Å². The molecule has 2 unspecified atom stereocenters. The quantitative estimate of drug-likeness (QED) is 0.234. The van der Waals surface area contributed by atoms with E-state index in [1.54, 1.807) is 111 Å². The van der Waals surface area contributed by atoms with Crippen LogP contribution in [0, 0.1) is 0 Å². The molecule has 0 spiro atoms. The Kier molecular flexibility index (Phi) is 7.79. The van der Waals surface area contributed by atoms with Gasteiger partial charge in [0.2, 0.25) is 0 Å². The second-order valence-electron chi connectivity index (χ2n) is 10.0. The molecule has 2 atom stereocenters. The van der Waals surface area contributed by atoms with E-state index in [-0.39, 0.29) is 0 Å². The Morgan fingerprint density at radius 1 is 0.487 bits per heavy atom. The first-order valence-electron chi connectivity index (χ1n) is 12.3. The summed E-state index contributed by atoms with van der Waals surface area (Å²) in [6.07, 6.45) is -2.21. The van der Waals surface area contributed by atoms with Crippen LogP contribution in [0.3, 0.4) is 0 Å². The standard InChI is InChI=1S/C31H26Cl4O4/c1-29(2)38-27(30(36,19-3-11-23(32)12-4-19)20-5-13-24(33)14-6-20)28(39-29)31(37,21-7-15-25(34)16-8-21)22-9-17-26(35)18-10-22/h3-18,27-28,36-37H,1-2H3. The van der Waals surface area contributed by atoms with Gasteiger partial charge in [-0.2, -0.15) is 0 Å². The van der Waals surface area contributed by atoms with E-state index in [0.717, 1.165) is 0 Å². The zero-order chi connectivity index (χ0) is 28.0. The van der Waals surface area contributed by atoms with Gasteiger partial charge in [-0.15, -0.1) is 0 Å². The lowest BCUT2D eigenvalue weighted by molar-refractivity contribution is -0.172. The zero-order valence-corrected chi connectivity index (χ0v) is 24.1. The molecule has 0 radical (unpaired) electrons. The van der Waals surface area contributed by atoms with Crippen molar-refractivity contribution < 1.29 is 19.7 Å². The summed E-state index contributed by atoms with van der Waals surface area (Å²) in [6.45, 7) is 3.49. The molecule has 4 aromatic rings. The first-order chi connectivity index (χ1) is 18.4. The molecule has 39 heavy (non-hydrogen) atoms. The Hall–Kier alpha value is -2.12. The van der Waals surface area contributed by atoms with Crippen molar-refractivity contribution >= 4 is 46.4 Å². The predicted molar refractivity (Wildman–Crippen MR) is 156 cm³/mol. The van der Waals surface area contributed by atoms with Crippen molar-refractivity contribution in [3.8, 4) is 0 Å². The summed E-state index contributed by atoms with van der Waals surface area (Å²) in [5.74, 6) is -1.17. The Labute approximate surface area is 247 Å². The van der Waals surface area contributed by atoms with E-state index >= 15 is 0 Å². The summed E-state index contributed by atoms with van der Waals surface area (Å²) in [4.78, 5) is 0. The van der Waals surface area contributed by atoms with Crippen LogP contribution in [0.5, 0.6) is 0 Å². The molecule has 0 aromatic heterocycles. The molecule has 0 amide bonds. The summed E-state index contributed by atoms with van der Waals surface area (Å²) < 4.78 is 13.0. The summed E-state index contributed by atoms with van der Waals surface area (Å²) in [6, 6.07) is 27.4. The van der Waals surface area contributed by atoms with E-state index in [4.69, 9.17) is 55.9 Å². The third kappa shape index (κ3) is 5.33. The summed E-state index contributed by atoms with van der Waals surface area (Å²) in [5.41, 5.74) is -1.58. The highest BCUT2D eigenvalue weighted by molar-refractivity contribution is 6.31. The molecular formula is C31H26Cl4O4. The smallest absolute Gasteiger partial charge is 0.164 e. The number of benzene rings is 4. The molecule has 8 heteroatoms. The molecule has 5 rings (SSSR count). The van der Waals surface area contributed by atoms with E-state index < -0.39 is 29.2 Å². The summed E-state index contributed by atoms with van der Waals surface area (Å²) in [7, 11) is 0. The number of halogens is 4. The van der Waals surface area contributed by atoms with Gasteiger partial charge in [-0.3, -0.25) is 0 Å². The Morgan fingerprint density at radius 3 is 0.897 bits per heavy atom. The average molecular weight is 604 g/mol. The molecule has 4 aromatic carbocycles. The first-order valence-corrected chi connectivity index (χ1v) is 13.8. The second kappa shape index (κ2) is 10.7. The van der Waals surface area contributed by atoms with Crippen molar-refractivity contribution in [1.29, 1.82) is 0 Å². The maximum Gasteiger partial charge on any atom is 0.164 e. The maximum atomic E-state index is 12.7. The van der Waals surface area contributed by atoms with Crippen molar-refractivity contribution in [3.63, 3.8) is 0 Å². The van der Waals surface area contributed by atoms with E-state index in [0.29, 0.717) is 42.3 Å². The Balaban J connectivity index is 1.77. The van der Waals surface area contributed by atoms with Crippen LogP contribution in [-0.4, -0.2) is 28.2 Å². The number of rotatable bonds is 6. The minimum absolute atomic E-state index is 0.500. The molecule has 1 aliphatic rings. The minimum Gasteiger partial charge on any atom is -0.378 e. The van der Waals surface area contributed by atoms with Gasteiger partial charge in [0.05, 0.1) is 0 Å². The van der Waals surface area contributed by atoms with Crippen LogP contribution in [0.15, 0.2) is 97.1 Å². The first kappa shape index (κ1) is 28.4. The molecule has 0 bridgehead atoms. The molecule has 1 aliphatic heterocycles. The van der Waals surface area contributed by atoms with Crippen molar-refractivity contribution in [2.24, 2.45) is 0 Å². The van der Waals surface area contributed by atoms with Gasteiger partial charge < -0.3 is 19.7 Å². The maximum absolute atomic E-state index is 12.7. The summed E-state index contributed by atoms with van der Waals surface area (Å²) >= 11 is 24.8. The van der Waals surface area contributed by atoms with Gasteiger partial charge in [0.25, 0.3) is 0 Å². The SMILES string of the molecule is CC1(C)OC(C(O)(c2ccc(Cl)cc2)c2ccc(Cl)cc2)C(C(O)(c2ccc(Cl)cc2)c2ccc(Cl)cc2)O1. The fourth-order valence-electron chi connectivity index (χ4n) is 5.18. The number of hydrogen-bond donors (Lipinski definition) is 2. The van der Waals surface area contributed by atoms with E-state index in [1.165, 1.54) is 0 Å². The van der Waals surface area contributed by atoms with Gasteiger partial charge in [0, 0.05) is 20.1 Å². The molecular weight excluding hydrogens is 578 g/mol. The highest BCUT2D eigenvalue weighted by atomic mass is 35.5. The number of hydrogen-bond acceptors (Lipinski definition) is 4. The van der Waals surface area contributed by atoms with E-state index in [9.17, 15) is 10.2 Å². The molecule has 1 heterocycles. The molecule has 1 saturated heterocycles. The normalized spacial score (nSPS) is 19.3. The number of ether oxygens (including phenoxy) is 2.